The molecule has 0 bridgehead atoms. The Hall–Kier alpha value is -2.68. The summed E-state index contributed by atoms with van der Waals surface area (Å²) < 4.78 is 26.7. The van der Waals surface area contributed by atoms with Crippen molar-refractivity contribution in [2.75, 3.05) is 18.4 Å². The van der Waals surface area contributed by atoms with Crippen LogP contribution in [-0.4, -0.2) is 43.7 Å². The van der Waals surface area contributed by atoms with Gasteiger partial charge in [0.25, 0.3) is 5.91 Å². The minimum Gasteiger partial charge on any atom is -0.350 e. The summed E-state index contributed by atoms with van der Waals surface area (Å²) in [6.07, 6.45) is 2.36. The van der Waals surface area contributed by atoms with Crippen LogP contribution in [0.3, 0.4) is 0 Å². The number of amides is 2. The minimum atomic E-state index is -3.57. The first-order valence-corrected chi connectivity index (χ1v) is 12.7. The van der Waals surface area contributed by atoms with Gasteiger partial charge >= 0.3 is 0 Å². The molecule has 1 aliphatic heterocycles. The average molecular weight is 490 g/mol. The van der Waals surface area contributed by atoms with Gasteiger partial charge in [0.05, 0.1) is 10.7 Å². The molecule has 7 nitrogen and oxygen atoms in total. The summed E-state index contributed by atoms with van der Waals surface area (Å²) in [5.74, 6) is -0.840. The third-order valence-electron chi connectivity index (χ3n) is 5.32. The quantitative estimate of drug-likeness (QED) is 0.611. The van der Waals surface area contributed by atoms with Crippen molar-refractivity contribution in [2.45, 2.75) is 32.7 Å². The number of hydrogen-bond donors (Lipinski definition) is 2. The van der Waals surface area contributed by atoms with Crippen LogP contribution < -0.4 is 10.6 Å². The highest BCUT2D eigenvalue weighted by Crippen LogP contribution is 2.26. The third kappa shape index (κ3) is 6.90. The molecule has 0 aliphatic carbocycles. The second-order valence-electron chi connectivity index (χ2n) is 8.24. The number of anilines is 1. The number of benzene rings is 2. The Balaban J connectivity index is 1.59. The van der Waals surface area contributed by atoms with Crippen molar-refractivity contribution in [1.29, 1.82) is 0 Å². The van der Waals surface area contributed by atoms with Gasteiger partial charge in [-0.25, -0.2) is 8.42 Å². The van der Waals surface area contributed by atoms with Crippen molar-refractivity contribution in [1.82, 2.24) is 9.62 Å². The fourth-order valence-electron chi connectivity index (χ4n) is 3.53. The van der Waals surface area contributed by atoms with Crippen LogP contribution in [0, 0.1) is 5.92 Å². The molecule has 0 radical (unpaired) electrons. The minimum absolute atomic E-state index is 0.0183. The lowest BCUT2D eigenvalue weighted by molar-refractivity contribution is -0.120. The van der Waals surface area contributed by atoms with E-state index in [1.54, 1.807) is 24.3 Å². The largest absolute Gasteiger partial charge is 0.350 e. The van der Waals surface area contributed by atoms with Crippen molar-refractivity contribution in [3.63, 3.8) is 0 Å². The van der Waals surface area contributed by atoms with Crippen LogP contribution in [0.5, 0.6) is 0 Å². The number of sulfonamides is 1. The first kappa shape index (κ1) is 25.0. The highest BCUT2D eigenvalue weighted by Gasteiger charge is 2.30. The molecule has 33 heavy (non-hydrogen) atoms. The summed E-state index contributed by atoms with van der Waals surface area (Å²) in [5, 5.41) is 7.13. The number of piperidine rings is 1. The summed E-state index contributed by atoms with van der Waals surface area (Å²) in [7, 11) is -3.57. The fourth-order valence-corrected chi connectivity index (χ4v) is 4.92. The average Bonchev–Trinajstić information content (AvgIpc) is 2.79. The Kier molecular flexibility index (Phi) is 8.29. The molecule has 0 spiro atoms. The van der Waals surface area contributed by atoms with Crippen molar-refractivity contribution < 1.29 is 18.0 Å². The van der Waals surface area contributed by atoms with E-state index >= 15 is 0 Å². The number of carbonyl (C=O) groups excluding carboxylic acids is 2. The predicted molar refractivity (Wildman–Crippen MR) is 131 cm³/mol. The molecule has 1 heterocycles. The molecule has 1 fully saturated rings. The number of nitrogens with one attached hydrogen (secondary N) is 2. The molecular weight excluding hydrogens is 462 g/mol. The van der Waals surface area contributed by atoms with E-state index in [-0.39, 0.29) is 36.9 Å². The van der Waals surface area contributed by atoms with Gasteiger partial charge in [-0.05, 0) is 56.5 Å². The van der Waals surface area contributed by atoms with Crippen LogP contribution in [0.1, 0.15) is 42.6 Å². The van der Waals surface area contributed by atoms with Gasteiger partial charge in [-0.15, -0.1) is 0 Å². The second-order valence-corrected chi connectivity index (χ2v) is 10.5. The number of halogens is 1. The molecule has 176 valence electrons. The van der Waals surface area contributed by atoms with E-state index in [2.05, 4.69) is 10.6 Å². The number of carbonyl (C=O) groups is 2. The lowest BCUT2D eigenvalue weighted by Crippen LogP contribution is -2.40. The topological polar surface area (TPSA) is 95.6 Å². The maximum atomic E-state index is 12.8. The smallest absolute Gasteiger partial charge is 0.251 e. The zero-order chi connectivity index (χ0) is 24.0. The molecular formula is C24H28ClN3O4S. The van der Waals surface area contributed by atoms with E-state index in [1.165, 1.54) is 9.71 Å². The van der Waals surface area contributed by atoms with Crippen molar-refractivity contribution in [3.8, 4) is 0 Å². The maximum absolute atomic E-state index is 12.8. The summed E-state index contributed by atoms with van der Waals surface area (Å²) >= 11 is 6.22. The molecule has 1 saturated heterocycles. The monoisotopic (exact) mass is 489 g/mol. The molecule has 2 aromatic rings. The van der Waals surface area contributed by atoms with Gasteiger partial charge in [-0.3, -0.25) is 9.59 Å². The molecule has 9 heteroatoms. The fraction of sp³-hybridized carbons (Fsp3) is 0.333. The van der Waals surface area contributed by atoms with E-state index in [4.69, 9.17) is 11.6 Å². The lowest BCUT2D eigenvalue weighted by Gasteiger charge is -2.29. The van der Waals surface area contributed by atoms with Gasteiger partial charge in [-0.2, -0.15) is 4.31 Å². The van der Waals surface area contributed by atoms with E-state index in [0.717, 1.165) is 5.56 Å². The molecule has 1 aliphatic rings. The van der Waals surface area contributed by atoms with E-state index in [1.807, 2.05) is 44.2 Å². The van der Waals surface area contributed by atoms with Crippen LogP contribution in [0.4, 0.5) is 5.69 Å². The van der Waals surface area contributed by atoms with Gasteiger partial charge in [0.1, 0.15) is 0 Å². The standard InChI is InChI=1S/C24H28ClN3O4S/c1-17(2)26-24(30)20-8-9-21(25)22(16-20)27-23(29)19-10-13-28(14-11-19)33(31,32)15-12-18-6-4-3-5-7-18/h3-9,12,15-17,19H,10-11,13-14H2,1-2H3,(H,26,30)(H,27,29). The Morgan fingerprint density at radius 1 is 1.09 bits per heavy atom. The molecule has 0 aromatic heterocycles. The SMILES string of the molecule is CC(C)NC(=O)c1ccc(Cl)c(NC(=O)C2CCN(S(=O)(=O)C=Cc3ccccc3)CC2)c1. The second kappa shape index (κ2) is 11.0. The van der Waals surface area contributed by atoms with Crippen LogP contribution in [0.2, 0.25) is 5.02 Å². The molecule has 0 saturated carbocycles. The molecule has 3 rings (SSSR count). The van der Waals surface area contributed by atoms with Crippen molar-refractivity contribution in [3.05, 3.63) is 70.1 Å². The van der Waals surface area contributed by atoms with Gasteiger partial charge in [0, 0.05) is 36.0 Å². The Bertz CT molecular complexity index is 1130. The first-order valence-electron chi connectivity index (χ1n) is 10.8. The lowest BCUT2D eigenvalue weighted by atomic mass is 9.97. The van der Waals surface area contributed by atoms with E-state index in [9.17, 15) is 18.0 Å². The molecule has 0 atom stereocenters. The summed E-state index contributed by atoms with van der Waals surface area (Å²) in [6.45, 7) is 4.23. The van der Waals surface area contributed by atoms with Gasteiger partial charge < -0.3 is 10.6 Å². The highest BCUT2D eigenvalue weighted by atomic mass is 35.5. The van der Waals surface area contributed by atoms with E-state index < -0.39 is 10.0 Å². The van der Waals surface area contributed by atoms with E-state index in [0.29, 0.717) is 29.1 Å². The predicted octanol–water partition coefficient (Wildman–Crippen LogP) is 4.13. The zero-order valence-electron chi connectivity index (χ0n) is 18.6. The molecule has 2 aromatic carbocycles. The summed E-state index contributed by atoms with van der Waals surface area (Å²) in [6, 6.07) is 13.9. The van der Waals surface area contributed by atoms with Crippen LogP contribution in [0.15, 0.2) is 53.9 Å². The molecule has 0 unspecified atom stereocenters. The maximum Gasteiger partial charge on any atom is 0.251 e. The summed E-state index contributed by atoms with van der Waals surface area (Å²) in [4.78, 5) is 25.0. The number of nitrogens with zero attached hydrogens (tertiary/aromatic N) is 1. The van der Waals surface area contributed by atoms with Gasteiger partial charge in [0.15, 0.2) is 0 Å². The Morgan fingerprint density at radius 3 is 2.39 bits per heavy atom. The molecule has 2 amide bonds. The molecule has 2 N–H and O–H groups in total. The first-order chi connectivity index (χ1) is 15.7. The third-order valence-corrected chi connectivity index (χ3v) is 7.22. The Labute approximate surface area is 199 Å². The Morgan fingerprint density at radius 2 is 1.76 bits per heavy atom. The number of rotatable bonds is 7. The zero-order valence-corrected chi connectivity index (χ0v) is 20.2. The van der Waals surface area contributed by atoms with Crippen LogP contribution >= 0.6 is 11.6 Å². The van der Waals surface area contributed by atoms with Crippen LogP contribution in [-0.2, 0) is 14.8 Å². The number of hydrogen-bond acceptors (Lipinski definition) is 4. The summed E-state index contributed by atoms with van der Waals surface area (Å²) in [5.41, 5.74) is 1.56. The van der Waals surface area contributed by atoms with Gasteiger partial charge in [-0.1, -0.05) is 41.9 Å². The highest BCUT2D eigenvalue weighted by molar-refractivity contribution is 7.92. The normalized spacial score (nSPS) is 15.6. The van der Waals surface area contributed by atoms with Gasteiger partial charge in [0.2, 0.25) is 15.9 Å². The van der Waals surface area contributed by atoms with Crippen molar-refractivity contribution >= 4 is 45.2 Å². The van der Waals surface area contributed by atoms with Crippen LogP contribution in [0.25, 0.3) is 6.08 Å². The van der Waals surface area contributed by atoms with Crippen molar-refractivity contribution in [2.24, 2.45) is 5.92 Å².